The molecule has 2 aliphatic rings. The Bertz CT molecular complexity index is 157. The summed E-state index contributed by atoms with van der Waals surface area (Å²) in [4.78, 5) is 0. The molecule has 0 aromatic rings. The average Bonchev–Trinajstić information content (AvgIpc) is 2.15. The van der Waals surface area contributed by atoms with E-state index in [1.807, 2.05) is 0 Å². The number of hydrogen-bond acceptors (Lipinski definition) is 0. The van der Waals surface area contributed by atoms with Crippen LogP contribution in [0.15, 0.2) is 24.3 Å². The van der Waals surface area contributed by atoms with Crippen LogP contribution in [-0.4, -0.2) is 25.8 Å². The molecule has 106 valence electrons. The first-order valence-electron chi connectivity index (χ1n) is 7.30. The molecule has 0 unspecified atom stereocenters. The van der Waals surface area contributed by atoms with Gasteiger partial charge in [0.25, 0.3) is 0 Å². The zero-order valence-corrected chi connectivity index (χ0v) is 12.0. The first-order valence-corrected chi connectivity index (χ1v) is 7.30. The zero-order chi connectivity index (χ0) is 11.3. The van der Waals surface area contributed by atoms with Crippen molar-refractivity contribution in [1.29, 1.82) is 0 Å². The molecule has 0 heterocycles. The van der Waals surface area contributed by atoms with Crippen LogP contribution in [0.25, 0.3) is 0 Å². The third kappa shape index (κ3) is 14.7. The van der Waals surface area contributed by atoms with Crippen LogP contribution in [0, 0.1) is 0 Å². The molecule has 0 N–H and O–H groups in total. The van der Waals surface area contributed by atoms with Crippen molar-refractivity contribution in [2.45, 2.75) is 77.0 Å². The van der Waals surface area contributed by atoms with Crippen LogP contribution in [0.4, 0.5) is 0 Å². The van der Waals surface area contributed by atoms with Gasteiger partial charge in [-0.1, -0.05) is 50.0 Å². The van der Waals surface area contributed by atoms with Crippen LogP contribution in [-0.2, 0) is 0 Å². The quantitative estimate of drug-likeness (QED) is 0.522. The molecule has 0 saturated carbocycles. The van der Waals surface area contributed by atoms with E-state index in [9.17, 15) is 0 Å². The molecule has 18 heavy (non-hydrogen) atoms. The molecule has 2 aliphatic carbocycles. The van der Waals surface area contributed by atoms with Gasteiger partial charge in [0.05, 0.1) is 0 Å². The Morgan fingerprint density at radius 1 is 0.389 bits per heavy atom. The zero-order valence-electron chi connectivity index (χ0n) is 11.2. The average molecular weight is 375 g/mol. The number of hydrogen-bond donors (Lipinski definition) is 0. The van der Waals surface area contributed by atoms with Crippen LogP contribution >= 0.6 is 12.4 Å². The number of allylic oxidation sites excluding steroid dienone is 4. The van der Waals surface area contributed by atoms with Gasteiger partial charge in [-0.25, -0.2) is 0 Å². The van der Waals surface area contributed by atoms with Crippen LogP contribution in [0.5, 0.6) is 0 Å². The van der Waals surface area contributed by atoms with E-state index >= 15 is 0 Å². The fraction of sp³-hybridized carbons (Fsp3) is 0.750. The van der Waals surface area contributed by atoms with E-state index in [0.717, 1.165) is 0 Å². The van der Waals surface area contributed by atoms with E-state index in [1.165, 1.54) is 77.0 Å². The van der Waals surface area contributed by atoms with Crippen LogP contribution < -0.4 is 0 Å². The summed E-state index contributed by atoms with van der Waals surface area (Å²) >= 11 is 0. The minimum absolute atomic E-state index is 0. The van der Waals surface area contributed by atoms with E-state index in [2.05, 4.69) is 24.3 Å². The van der Waals surface area contributed by atoms with Gasteiger partial charge < -0.3 is 0 Å². The Morgan fingerprint density at radius 2 is 0.611 bits per heavy atom. The summed E-state index contributed by atoms with van der Waals surface area (Å²) in [6, 6.07) is 0. The maximum absolute atomic E-state index is 2.32. The van der Waals surface area contributed by atoms with Crippen molar-refractivity contribution in [1.82, 2.24) is 0 Å². The minimum atomic E-state index is 0. The number of rotatable bonds is 0. The van der Waals surface area contributed by atoms with E-state index in [4.69, 9.17) is 0 Å². The van der Waals surface area contributed by atoms with Crippen molar-refractivity contribution < 1.29 is 0 Å². The fourth-order valence-corrected chi connectivity index (χ4v) is 2.23. The predicted octanol–water partition coefficient (Wildman–Crippen LogP) is 5.03. The third-order valence-electron chi connectivity index (χ3n) is 3.32. The summed E-state index contributed by atoms with van der Waals surface area (Å²) in [7, 11) is 0. The summed E-state index contributed by atoms with van der Waals surface area (Å²) in [6.07, 6.45) is 26.0. The van der Waals surface area contributed by atoms with Crippen molar-refractivity contribution in [2.24, 2.45) is 0 Å². The van der Waals surface area contributed by atoms with Gasteiger partial charge in [0.1, 0.15) is 0 Å². The summed E-state index contributed by atoms with van der Waals surface area (Å²) in [5.41, 5.74) is 0. The fourth-order valence-electron chi connectivity index (χ4n) is 2.23. The SMILES string of the molecule is C1=CCCCCCC1.C1=CCCCCCC1.Cl.[InH3]. The van der Waals surface area contributed by atoms with Gasteiger partial charge in [-0.3, -0.25) is 0 Å². The Morgan fingerprint density at radius 3 is 0.833 bits per heavy atom. The van der Waals surface area contributed by atoms with Gasteiger partial charge >= 0.3 is 25.8 Å². The van der Waals surface area contributed by atoms with Gasteiger partial charge in [-0.05, 0) is 51.4 Å². The predicted molar refractivity (Wildman–Crippen MR) is 90.9 cm³/mol. The Labute approximate surface area is 139 Å². The van der Waals surface area contributed by atoms with Crippen molar-refractivity contribution >= 4 is 38.3 Å². The standard InChI is InChI=1S/2C8H14.ClH.In.3H/c2*1-2-4-6-8-7-5-3-1;;;;;/h2*1-2H,3-8H2;1H;;;;. The monoisotopic (exact) mass is 374 g/mol. The molecule has 0 nitrogen and oxygen atoms in total. The van der Waals surface area contributed by atoms with Gasteiger partial charge in [-0.15, -0.1) is 12.4 Å². The first-order chi connectivity index (χ1) is 8.00. The molecule has 0 bridgehead atoms. The van der Waals surface area contributed by atoms with Gasteiger partial charge in [0, 0.05) is 0 Å². The van der Waals surface area contributed by atoms with E-state index in [1.54, 1.807) is 0 Å². The van der Waals surface area contributed by atoms with Crippen LogP contribution in [0.1, 0.15) is 77.0 Å². The topological polar surface area (TPSA) is 0 Å². The second kappa shape index (κ2) is 17.6. The van der Waals surface area contributed by atoms with E-state index < -0.39 is 0 Å². The Kier molecular flexibility index (Phi) is 20.5. The van der Waals surface area contributed by atoms with Crippen molar-refractivity contribution in [3.8, 4) is 0 Å². The second-order valence-corrected chi connectivity index (χ2v) is 4.93. The molecule has 0 amide bonds. The summed E-state index contributed by atoms with van der Waals surface area (Å²) in [6.45, 7) is 0. The molecule has 0 aromatic heterocycles. The van der Waals surface area contributed by atoms with Crippen molar-refractivity contribution in [3.05, 3.63) is 24.3 Å². The Hall–Kier alpha value is 0.640. The molecule has 0 saturated heterocycles. The molecule has 0 radical (unpaired) electrons. The molecule has 0 atom stereocenters. The molecule has 0 aliphatic heterocycles. The third-order valence-corrected chi connectivity index (χ3v) is 3.32. The van der Waals surface area contributed by atoms with Gasteiger partial charge in [-0.2, -0.15) is 0 Å². The Balaban J connectivity index is 0. The number of halogens is 1. The molecular formula is C16H32ClIn. The van der Waals surface area contributed by atoms with E-state index in [0.29, 0.717) is 0 Å². The molecule has 2 rings (SSSR count). The van der Waals surface area contributed by atoms with Crippen LogP contribution in [0.2, 0.25) is 0 Å². The van der Waals surface area contributed by atoms with Crippen molar-refractivity contribution in [2.75, 3.05) is 0 Å². The van der Waals surface area contributed by atoms with E-state index in [-0.39, 0.29) is 38.3 Å². The van der Waals surface area contributed by atoms with Gasteiger partial charge in [0.15, 0.2) is 0 Å². The van der Waals surface area contributed by atoms with Crippen molar-refractivity contribution in [3.63, 3.8) is 0 Å². The summed E-state index contributed by atoms with van der Waals surface area (Å²) in [5, 5.41) is 0. The molecular weight excluding hydrogens is 342 g/mol. The summed E-state index contributed by atoms with van der Waals surface area (Å²) in [5.74, 6) is 0. The first kappa shape index (κ1) is 20.9. The van der Waals surface area contributed by atoms with Gasteiger partial charge in [0.2, 0.25) is 0 Å². The molecule has 0 spiro atoms. The molecule has 0 aromatic carbocycles. The molecule has 0 fully saturated rings. The summed E-state index contributed by atoms with van der Waals surface area (Å²) < 4.78 is 0. The van der Waals surface area contributed by atoms with Crippen LogP contribution in [0.3, 0.4) is 0 Å². The second-order valence-electron chi connectivity index (χ2n) is 4.93. The normalized spacial score (nSPS) is 19.6. The maximum atomic E-state index is 2.32. The molecule has 2 heteroatoms.